The summed E-state index contributed by atoms with van der Waals surface area (Å²) in [6, 6.07) is 16.1. The summed E-state index contributed by atoms with van der Waals surface area (Å²) >= 11 is 0. The number of hydrogen-bond donors (Lipinski definition) is 2. The van der Waals surface area contributed by atoms with E-state index in [-0.39, 0.29) is 6.04 Å². The number of nitrogens with zero attached hydrogens (tertiary/aromatic N) is 4. The van der Waals surface area contributed by atoms with Gasteiger partial charge in [0.2, 0.25) is 5.95 Å². The predicted octanol–water partition coefficient (Wildman–Crippen LogP) is 4.51. The van der Waals surface area contributed by atoms with E-state index in [2.05, 4.69) is 15.3 Å². The molecule has 35 heavy (non-hydrogen) atoms. The molecule has 0 fully saturated rings. The number of benzene rings is 2. The van der Waals surface area contributed by atoms with Crippen LogP contribution < -0.4 is 10.9 Å². The van der Waals surface area contributed by atoms with Crippen molar-refractivity contribution < 1.29 is 14.3 Å². The Hall–Kier alpha value is -4.27. The second kappa shape index (κ2) is 9.17. The van der Waals surface area contributed by atoms with Gasteiger partial charge < -0.3 is 10.4 Å². The van der Waals surface area contributed by atoms with Gasteiger partial charge in [-0.15, -0.1) is 0 Å². The van der Waals surface area contributed by atoms with Crippen molar-refractivity contribution in [3.05, 3.63) is 88.6 Å². The summed E-state index contributed by atoms with van der Waals surface area (Å²) in [5, 5.41) is 13.1. The maximum atomic E-state index is 13.6. The Balaban J connectivity index is 1.65. The number of aliphatic carboxylic acids is 1. The van der Waals surface area contributed by atoms with Gasteiger partial charge >= 0.3 is 5.97 Å². The molecule has 8 nitrogen and oxygen atoms in total. The Morgan fingerprint density at radius 3 is 2.60 bits per heavy atom. The molecule has 2 atom stereocenters. The fourth-order valence-corrected chi connectivity index (χ4v) is 4.59. The molecule has 1 aliphatic heterocycles. The van der Waals surface area contributed by atoms with E-state index in [0.717, 1.165) is 5.56 Å². The van der Waals surface area contributed by atoms with Gasteiger partial charge in [0.1, 0.15) is 5.82 Å². The van der Waals surface area contributed by atoms with Crippen molar-refractivity contribution in [2.24, 2.45) is 0 Å². The average Bonchev–Trinajstić information content (AvgIpc) is 3.17. The number of fused-ring (bicyclic) bond motifs is 1. The molecule has 1 aliphatic rings. The minimum atomic E-state index is -1.07. The first-order valence-corrected chi connectivity index (χ1v) is 11.4. The fraction of sp³-hybridized carbons (Fsp3) is 0.231. The number of hydrogen-bond acceptors (Lipinski definition) is 5. The van der Waals surface area contributed by atoms with E-state index in [1.54, 1.807) is 16.9 Å². The zero-order chi connectivity index (χ0) is 24.5. The van der Waals surface area contributed by atoms with Crippen LogP contribution in [0.15, 0.2) is 71.7 Å². The lowest BCUT2D eigenvalue weighted by molar-refractivity contribution is -0.142. The highest BCUT2D eigenvalue weighted by atomic mass is 19.1. The molecule has 0 radical (unpaired) electrons. The van der Waals surface area contributed by atoms with Gasteiger partial charge in [-0.2, -0.15) is 0 Å². The van der Waals surface area contributed by atoms with Gasteiger partial charge in [0.05, 0.1) is 23.0 Å². The third-order valence-corrected chi connectivity index (χ3v) is 6.28. The number of nitrogens with one attached hydrogen (secondary N) is 1. The Labute approximate surface area is 200 Å². The molecule has 5 rings (SSSR count). The third kappa shape index (κ3) is 4.21. The van der Waals surface area contributed by atoms with E-state index in [1.807, 2.05) is 37.3 Å². The Morgan fingerprint density at radius 1 is 1.14 bits per heavy atom. The highest BCUT2D eigenvalue weighted by molar-refractivity contribution is 5.80. The molecule has 0 aliphatic carbocycles. The van der Waals surface area contributed by atoms with Crippen molar-refractivity contribution in [1.82, 2.24) is 19.3 Å². The van der Waals surface area contributed by atoms with E-state index in [1.165, 1.54) is 28.9 Å². The van der Waals surface area contributed by atoms with E-state index in [0.29, 0.717) is 47.8 Å². The van der Waals surface area contributed by atoms with Gasteiger partial charge in [0.15, 0.2) is 6.04 Å². The molecule has 0 spiro atoms. The quantitative estimate of drug-likeness (QED) is 0.427. The topological polar surface area (TPSA) is 102 Å². The second-order valence-corrected chi connectivity index (χ2v) is 8.54. The number of carbonyl (C=O) groups is 1. The van der Waals surface area contributed by atoms with Gasteiger partial charge in [-0.3, -0.25) is 9.48 Å². The van der Waals surface area contributed by atoms with Crippen LogP contribution in [-0.2, 0) is 11.3 Å². The lowest BCUT2D eigenvalue weighted by Gasteiger charge is -2.25. The smallest absolute Gasteiger partial charge is 0.328 e. The third-order valence-electron chi connectivity index (χ3n) is 6.28. The number of aromatic nitrogens is 4. The van der Waals surface area contributed by atoms with Gasteiger partial charge in [-0.1, -0.05) is 42.5 Å². The van der Waals surface area contributed by atoms with Crippen molar-refractivity contribution >= 4 is 11.9 Å². The van der Waals surface area contributed by atoms with Crippen LogP contribution in [0.5, 0.6) is 0 Å². The average molecular weight is 474 g/mol. The molecule has 2 aromatic carbocycles. The Morgan fingerprint density at radius 2 is 1.89 bits per heavy atom. The maximum Gasteiger partial charge on any atom is 0.328 e. The number of rotatable bonds is 6. The molecule has 4 aromatic rings. The molecule has 3 heterocycles. The number of carboxylic acids is 1. The lowest BCUT2D eigenvalue weighted by Crippen LogP contribution is -2.36. The molecule has 2 N–H and O–H groups in total. The molecule has 0 unspecified atom stereocenters. The molecule has 2 aromatic heterocycles. The summed E-state index contributed by atoms with van der Waals surface area (Å²) in [6.07, 6.45) is 2.55. The minimum Gasteiger partial charge on any atom is -0.480 e. The van der Waals surface area contributed by atoms with Crippen LogP contribution in [0.25, 0.3) is 22.5 Å². The molecule has 0 amide bonds. The van der Waals surface area contributed by atoms with Crippen molar-refractivity contribution in [3.8, 4) is 22.5 Å². The molecular weight excluding hydrogens is 449 g/mol. The van der Waals surface area contributed by atoms with E-state index in [4.69, 9.17) is 0 Å². The molecular formula is C26H24FN5O3. The highest BCUT2D eigenvalue weighted by Crippen LogP contribution is 2.34. The van der Waals surface area contributed by atoms with Gasteiger partial charge in [0.25, 0.3) is 5.56 Å². The predicted molar refractivity (Wildman–Crippen MR) is 129 cm³/mol. The number of carboxylic acid groups (broad SMARTS) is 1. The van der Waals surface area contributed by atoms with Crippen molar-refractivity contribution in [3.63, 3.8) is 0 Å². The molecule has 0 saturated heterocycles. The maximum absolute atomic E-state index is 13.6. The van der Waals surface area contributed by atoms with Gasteiger partial charge in [-0.05, 0) is 49.1 Å². The SMILES string of the molecule is C[C@H](Nc1nccc(-c2c(-c3ccc(F)cc3)c(=O)n3n2CCC[C@H]3C(=O)O)n1)c1ccccc1. The Bertz CT molecular complexity index is 1430. The first kappa shape index (κ1) is 22.5. The van der Waals surface area contributed by atoms with Crippen molar-refractivity contribution in [2.45, 2.75) is 38.4 Å². The van der Waals surface area contributed by atoms with E-state index in [9.17, 15) is 19.1 Å². The summed E-state index contributed by atoms with van der Waals surface area (Å²) in [5.41, 5.74) is 2.38. The summed E-state index contributed by atoms with van der Waals surface area (Å²) in [5.74, 6) is -1.11. The first-order valence-electron chi connectivity index (χ1n) is 11.4. The minimum absolute atomic E-state index is 0.0647. The van der Waals surface area contributed by atoms with Crippen LogP contribution in [0.4, 0.5) is 10.3 Å². The monoisotopic (exact) mass is 473 g/mol. The van der Waals surface area contributed by atoms with Gasteiger partial charge in [0, 0.05) is 12.7 Å². The highest BCUT2D eigenvalue weighted by Gasteiger charge is 2.33. The summed E-state index contributed by atoms with van der Waals surface area (Å²) < 4.78 is 16.6. The molecule has 0 saturated carbocycles. The molecule has 9 heteroatoms. The van der Waals surface area contributed by atoms with Crippen LogP contribution >= 0.6 is 0 Å². The standard InChI is InChI=1S/C26H24FN5O3/c1-16(17-6-3-2-4-7-17)29-26-28-14-13-20(30-26)23-22(18-9-11-19(27)12-10-18)24(33)32-21(25(34)35)8-5-15-31(23)32/h2-4,6-7,9-14,16,21H,5,8,15H2,1H3,(H,34,35)(H,28,29,30)/t16-,21-/m0/s1. The van der Waals surface area contributed by atoms with E-state index < -0.39 is 23.4 Å². The van der Waals surface area contributed by atoms with Crippen LogP contribution in [-0.4, -0.2) is 30.4 Å². The summed E-state index contributed by atoms with van der Waals surface area (Å²) in [6.45, 7) is 2.46. The molecule has 0 bridgehead atoms. The van der Waals surface area contributed by atoms with Crippen molar-refractivity contribution in [1.29, 1.82) is 0 Å². The number of anilines is 1. The summed E-state index contributed by atoms with van der Waals surface area (Å²) in [7, 11) is 0. The van der Waals surface area contributed by atoms with Crippen LogP contribution in [0.1, 0.15) is 37.4 Å². The zero-order valence-corrected chi connectivity index (χ0v) is 19.1. The fourth-order valence-electron chi connectivity index (χ4n) is 4.59. The lowest BCUT2D eigenvalue weighted by atomic mass is 10.0. The first-order chi connectivity index (χ1) is 16.9. The molecule has 178 valence electrons. The van der Waals surface area contributed by atoms with Crippen LogP contribution in [0.2, 0.25) is 0 Å². The van der Waals surface area contributed by atoms with Gasteiger partial charge in [-0.25, -0.2) is 23.8 Å². The summed E-state index contributed by atoms with van der Waals surface area (Å²) in [4.78, 5) is 34.6. The van der Waals surface area contributed by atoms with Crippen LogP contribution in [0.3, 0.4) is 0 Å². The number of halogens is 1. The zero-order valence-electron chi connectivity index (χ0n) is 19.1. The van der Waals surface area contributed by atoms with E-state index >= 15 is 0 Å². The largest absolute Gasteiger partial charge is 0.480 e. The second-order valence-electron chi connectivity index (χ2n) is 8.54. The van der Waals surface area contributed by atoms with Crippen molar-refractivity contribution in [2.75, 3.05) is 5.32 Å². The van der Waals surface area contributed by atoms with Crippen LogP contribution in [0, 0.1) is 5.82 Å². The normalized spacial score (nSPS) is 15.9. The Kier molecular flexibility index (Phi) is 5.90.